The quantitative estimate of drug-likeness (QED) is 0.316. The first kappa shape index (κ1) is 20.5. The third-order valence-electron chi connectivity index (χ3n) is 4.72. The minimum atomic E-state index is -0.253. The Morgan fingerprint density at radius 1 is 1.13 bits per heavy atom. The number of furan rings is 1. The smallest absolute Gasteiger partial charge is 0.270 e. The molecule has 4 rings (SSSR count). The van der Waals surface area contributed by atoms with Crippen LogP contribution in [0.3, 0.4) is 0 Å². The number of aryl methyl sites for hydroxylation is 1. The van der Waals surface area contributed by atoms with Gasteiger partial charge in [0.25, 0.3) is 5.91 Å². The maximum atomic E-state index is 12.8. The van der Waals surface area contributed by atoms with E-state index in [0.29, 0.717) is 23.6 Å². The number of halogens is 1. The molecule has 0 radical (unpaired) electrons. The van der Waals surface area contributed by atoms with Gasteiger partial charge < -0.3 is 15.1 Å². The molecule has 0 saturated heterocycles. The molecule has 0 aliphatic heterocycles. The van der Waals surface area contributed by atoms with Crippen LogP contribution in [0.25, 0.3) is 11.0 Å². The maximum absolute atomic E-state index is 12.8. The highest BCUT2D eigenvalue weighted by molar-refractivity contribution is 9.10. The first-order chi connectivity index (χ1) is 14.5. The summed E-state index contributed by atoms with van der Waals surface area (Å²) < 4.78 is 6.58. The number of hydrogen-bond acceptors (Lipinski definition) is 5. The molecule has 0 spiro atoms. The summed E-state index contributed by atoms with van der Waals surface area (Å²) in [4.78, 5) is 18.5. The zero-order chi connectivity index (χ0) is 21.1. The monoisotopic (exact) mass is 481 g/mol. The molecule has 1 amide bonds. The Kier molecular flexibility index (Phi) is 6.11. The Morgan fingerprint density at radius 3 is 2.67 bits per heavy atom. The van der Waals surface area contributed by atoms with Gasteiger partial charge in [-0.2, -0.15) is 0 Å². The van der Waals surface area contributed by atoms with E-state index in [9.17, 15) is 4.79 Å². The fraction of sp³-hybridized carbons (Fsp3) is 0.130. The Morgan fingerprint density at radius 2 is 1.93 bits per heavy atom. The fourth-order valence-electron chi connectivity index (χ4n) is 3.05. The van der Waals surface area contributed by atoms with E-state index in [1.807, 2.05) is 61.7 Å². The van der Waals surface area contributed by atoms with Gasteiger partial charge in [-0.05, 0) is 60.7 Å². The van der Waals surface area contributed by atoms with Gasteiger partial charge in [-0.15, -0.1) is 11.8 Å². The Balaban J connectivity index is 1.56. The molecule has 30 heavy (non-hydrogen) atoms. The van der Waals surface area contributed by atoms with Gasteiger partial charge in [0.2, 0.25) is 0 Å². The van der Waals surface area contributed by atoms with Gasteiger partial charge >= 0.3 is 0 Å². The standard InChI is InChI=1S/C23H20BrN3O2S/c1-14-11-16(5-8-19(14)24)26-22-18-9-10-29-21(18)12-20(27-22)23(28)25-13-15-3-6-17(30-2)7-4-15/h3-12H,13H2,1-2H3,(H,25,28)(H,26,27). The molecule has 0 aliphatic carbocycles. The lowest BCUT2D eigenvalue weighted by Gasteiger charge is -2.11. The van der Waals surface area contributed by atoms with E-state index in [2.05, 4.69) is 31.5 Å². The molecular weight excluding hydrogens is 462 g/mol. The third kappa shape index (κ3) is 4.52. The summed E-state index contributed by atoms with van der Waals surface area (Å²) in [6.07, 6.45) is 3.63. The number of nitrogens with one attached hydrogen (secondary N) is 2. The Labute approximate surface area is 187 Å². The SMILES string of the molecule is CSc1ccc(CNC(=O)c2cc3occc3c(Nc3ccc(Br)c(C)c3)n2)cc1. The van der Waals surface area contributed by atoms with Crippen LogP contribution in [0.15, 0.2) is 74.6 Å². The summed E-state index contributed by atoms with van der Waals surface area (Å²) in [6.45, 7) is 2.45. The van der Waals surface area contributed by atoms with Crippen LogP contribution in [0.5, 0.6) is 0 Å². The lowest BCUT2D eigenvalue weighted by molar-refractivity contribution is 0.0946. The number of hydrogen-bond donors (Lipinski definition) is 2. The van der Waals surface area contributed by atoms with Gasteiger partial charge in [0.15, 0.2) is 0 Å². The number of rotatable bonds is 6. The summed E-state index contributed by atoms with van der Waals surface area (Å²) in [5.41, 5.74) is 3.93. The molecule has 7 heteroatoms. The fourth-order valence-corrected chi connectivity index (χ4v) is 3.71. The number of nitrogens with zero attached hydrogens (tertiary/aromatic N) is 1. The van der Waals surface area contributed by atoms with Crippen LogP contribution < -0.4 is 10.6 Å². The highest BCUT2D eigenvalue weighted by Gasteiger charge is 2.14. The minimum absolute atomic E-state index is 0.253. The molecule has 2 N–H and O–H groups in total. The molecule has 4 aromatic rings. The van der Waals surface area contributed by atoms with E-state index >= 15 is 0 Å². The van der Waals surface area contributed by atoms with Gasteiger partial charge in [0.1, 0.15) is 17.1 Å². The highest BCUT2D eigenvalue weighted by Crippen LogP contribution is 2.28. The van der Waals surface area contributed by atoms with Gasteiger partial charge in [-0.1, -0.05) is 28.1 Å². The van der Waals surface area contributed by atoms with Crippen molar-refractivity contribution in [2.75, 3.05) is 11.6 Å². The average molecular weight is 482 g/mol. The number of pyridine rings is 1. The minimum Gasteiger partial charge on any atom is -0.464 e. The van der Waals surface area contributed by atoms with E-state index in [4.69, 9.17) is 4.42 Å². The van der Waals surface area contributed by atoms with E-state index in [1.165, 1.54) is 4.90 Å². The molecular formula is C23H20BrN3O2S. The zero-order valence-electron chi connectivity index (χ0n) is 16.5. The summed E-state index contributed by atoms with van der Waals surface area (Å²) in [6, 6.07) is 17.6. The van der Waals surface area contributed by atoms with Crippen molar-refractivity contribution >= 4 is 56.1 Å². The van der Waals surface area contributed by atoms with Crippen molar-refractivity contribution < 1.29 is 9.21 Å². The highest BCUT2D eigenvalue weighted by atomic mass is 79.9. The summed E-state index contributed by atoms with van der Waals surface area (Å²) in [7, 11) is 0. The van der Waals surface area contributed by atoms with Gasteiger partial charge in [0.05, 0.1) is 11.6 Å². The van der Waals surface area contributed by atoms with Crippen LogP contribution in [0.2, 0.25) is 0 Å². The molecule has 0 saturated carbocycles. The van der Waals surface area contributed by atoms with Crippen LogP contribution in [0.1, 0.15) is 21.6 Å². The van der Waals surface area contributed by atoms with Gasteiger partial charge in [-0.25, -0.2) is 4.98 Å². The number of fused-ring (bicyclic) bond motifs is 1. The van der Waals surface area contributed by atoms with Crippen LogP contribution in [-0.2, 0) is 6.54 Å². The van der Waals surface area contributed by atoms with Crippen LogP contribution >= 0.6 is 27.7 Å². The number of amides is 1. The van der Waals surface area contributed by atoms with E-state index in [0.717, 1.165) is 26.7 Å². The molecule has 152 valence electrons. The third-order valence-corrected chi connectivity index (χ3v) is 6.35. The number of carbonyl (C=O) groups is 1. The Hall–Kier alpha value is -2.77. The molecule has 2 aromatic heterocycles. The molecule has 0 unspecified atom stereocenters. The molecule has 2 aromatic carbocycles. The predicted molar refractivity (Wildman–Crippen MR) is 126 cm³/mol. The second kappa shape index (κ2) is 8.93. The van der Waals surface area contributed by atoms with E-state index in [1.54, 1.807) is 24.1 Å². The summed E-state index contributed by atoms with van der Waals surface area (Å²) in [5.74, 6) is 0.328. The van der Waals surface area contributed by atoms with Crippen molar-refractivity contribution in [3.63, 3.8) is 0 Å². The second-order valence-electron chi connectivity index (χ2n) is 6.81. The van der Waals surface area contributed by atoms with E-state index < -0.39 is 0 Å². The molecule has 0 fully saturated rings. The van der Waals surface area contributed by atoms with Crippen molar-refractivity contribution in [3.05, 3.63) is 82.2 Å². The lowest BCUT2D eigenvalue weighted by atomic mass is 10.2. The van der Waals surface area contributed by atoms with E-state index in [-0.39, 0.29) is 5.91 Å². The Bertz CT molecular complexity index is 1210. The topological polar surface area (TPSA) is 67.2 Å². The van der Waals surface area contributed by atoms with Gasteiger partial charge in [0, 0.05) is 27.7 Å². The predicted octanol–water partition coefficient (Wildman–Crippen LogP) is 6.29. The largest absolute Gasteiger partial charge is 0.464 e. The number of benzene rings is 2. The number of anilines is 2. The van der Waals surface area contributed by atoms with Crippen LogP contribution in [0.4, 0.5) is 11.5 Å². The van der Waals surface area contributed by atoms with Crippen molar-refractivity contribution in [1.29, 1.82) is 0 Å². The van der Waals surface area contributed by atoms with Crippen molar-refractivity contribution in [2.24, 2.45) is 0 Å². The lowest BCUT2D eigenvalue weighted by Crippen LogP contribution is -2.24. The number of carbonyl (C=O) groups excluding carboxylic acids is 1. The molecule has 2 heterocycles. The van der Waals surface area contributed by atoms with Crippen molar-refractivity contribution in [3.8, 4) is 0 Å². The molecule has 0 atom stereocenters. The van der Waals surface area contributed by atoms with Crippen LogP contribution in [-0.4, -0.2) is 17.1 Å². The molecule has 0 bridgehead atoms. The first-order valence-electron chi connectivity index (χ1n) is 9.36. The maximum Gasteiger partial charge on any atom is 0.270 e. The summed E-state index contributed by atoms with van der Waals surface area (Å²) in [5, 5.41) is 7.06. The number of thioether (sulfide) groups is 1. The summed E-state index contributed by atoms with van der Waals surface area (Å²) >= 11 is 5.20. The number of aromatic nitrogens is 1. The first-order valence-corrected chi connectivity index (χ1v) is 11.4. The van der Waals surface area contributed by atoms with Crippen molar-refractivity contribution in [2.45, 2.75) is 18.4 Å². The molecule has 5 nitrogen and oxygen atoms in total. The molecule has 0 aliphatic rings. The normalized spacial score (nSPS) is 10.9. The second-order valence-corrected chi connectivity index (χ2v) is 8.54. The zero-order valence-corrected chi connectivity index (χ0v) is 18.9. The average Bonchev–Trinajstić information content (AvgIpc) is 3.24. The van der Waals surface area contributed by atoms with Gasteiger partial charge in [-0.3, -0.25) is 4.79 Å². The van der Waals surface area contributed by atoms with Crippen LogP contribution in [0, 0.1) is 6.92 Å². The van der Waals surface area contributed by atoms with Crippen molar-refractivity contribution in [1.82, 2.24) is 10.3 Å².